The normalized spacial score (nSPS) is 21.7. The molecule has 2 atom stereocenters. The molecule has 2 saturated heterocycles. The van der Waals surface area contributed by atoms with Gasteiger partial charge in [-0.15, -0.1) is 0 Å². The van der Waals surface area contributed by atoms with Crippen molar-refractivity contribution >= 4 is 15.7 Å². The highest BCUT2D eigenvalue weighted by atomic mass is 32.2. The third kappa shape index (κ3) is 6.66. The lowest BCUT2D eigenvalue weighted by Gasteiger charge is -2.32. The molecule has 1 aromatic carbocycles. The third-order valence-corrected chi connectivity index (χ3v) is 8.15. The van der Waals surface area contributed by atoms with Gasteiger partial charge in [0, 0.05) is 31.7 Å². The van der Waals surface area contributed by atoms with E-state index in [-0.39, 0.29) is 42.6 Å². The zero-order chi connectivity index (χ0) is 23.3. The van der Waals surface area contributed by atoms with Gasteiger partial charge in [-0.05, 0) is 31.0 Å². The highest BCUT2D eigenvalue weighted by molar-refractivity contribution is 7.91. The van der Waals surface area contributed by atoms with Gasteiger partial charge in [0.2, 0.25) is 5.91 Å². The summed E-state index contributed by atoms with van der Waals surface area (Å²) in [5.74, 6) is 0.661. The van der Waals surface area contributed by atoms with Crippen LogP contribution in [0.3, 0.4) is 0 Å². The van der Waals surface area contributed by atoms with Crippen LogP contribution in [0.5, 0.6) is 0 Å². The van der Waals surface area contributed by atoms with E-state index in [0.717, 1.165) is 25.2 Å². The lowest BCUT2D eigenvalue weighted by atomic mass is 10.0. The van der Waals surface area contributed by atoms with Gasteiger partial charge >= 0.3 is 0 Å². The minimum atomic E-state index is -3.11. The number of ether oxygens (including phenoxy) is 1. The Morgan fingerprint density at radius 3 is 2.61 bits per heavy atom. The van der Waals surface area contributed by atoms with E-state index in [1.807, 2.05) is 6.07 Å². The lowest BCUT2D eigenvalue weighted by Crippen LogP contribution is -2.47. The number of aryl methyl sites for hydroxylation is 1. The Bertz CT molecular complexity index is 1000. The van der Waals surface area contributed by atoms with Gasteiger partial charge in [-0.25, -0.2) is 8.42 Å². The fourth-order valence-electron chi connectivity index (χ4n) is 4.45. The first-order chi connectivity index (χ1) is 15.9. The Morgan fingerprint density at radius 2 is 1.97 bits per heavy atom. The number of sulfone groups is 1. The number of hydrogen-bond acceptors (Lipinski definition) is 7. The molecule has 1 amide bonds. The maximum Gasteiger partial charge on any atom is 0.237 e. The largest absolute Gasteiger partial charge is 0.467 e. The van der Waals surface area contributed by atoms with Crippen LogP contribution < -0.4 is 5.32 Å². The average Bonchev–Trinajstić information content (AvgIpc) is 3.45. The van der Waals surface area contributed by atoms with E-state index >= 15 is 0 Å². The van der Waals surface area contributed by atoms with Crippen molar-refractivity contribution in [2.45, 2.75) is 32.0 Å². The second kappa shape index (κ2) is 10.8. The predicted octanol–water partition coefficient (Wildman–Crippen LogP) is 1.77. The summed E-state index contributed by atoms with van der Waals surface area (Å²) in [6.45, 7) is 6.38. The van der Waals surface area contributed by atoms with Crippen molar-refractivity contribution in [3.63, 3.8) is 0 Å². The van der Waals surface area contributed by atoms with E-state index in [4.69, 9.17) is 9.15 Å². The highest BCUT2D eigenvalue weighted by Crippen LogP contribution is 2.21. The molecule has 2 aromatic rings. The number of carbonyl (C=O) groups excluding carboxylic acids is 1. The van der Waals surface area contributed by atoms with Gasteiger partial charge in [-0.3, -0.25) is 9.69 Å². The van der Waals surface area contributed by atoms with Gasteiger partial charge in [0.1, 0.15) is 5.76 Å². The van der Waals surface area contributed by atoms with Crippen LogP contribution in [-0.4, -0.2) is 81.1 Å². The Kier molecular flexibility index (Phi) is 7.85. The van der Waals surface area contributed by atoms with Crippen molar-refractivity contribution in [2.75, 3.05) is 50.9 Å². The maximum absolute atomic E-state index is 13.3. The summed E-state index contributed by atoms with van der Waals surface area (Å²) < 4.78 is 35.1. The smallest absolute Gasteiger partial charge is 0.237 e. The molecule has 0 spiro atoms. The minimum absolute atomic E-state index is 0.00855. The van der Waals surface area contributed by atoms with Gasteiger partial charge in [0.15, 0.2) is 9.84 Å². The lowest BCUT2D eigenvalue weighted by molar-refractivity contribution is -0.133. The summed E-state index contributed by atoms with van der Waals surface area (Å²) in [5.41, 5.74) is 2.31. The van der Waals surface area contributed by atoms with Crippen LogP contribution in [-0.2, 0) is 25.9 Å². The monoisotopic (exact) mass is 475 g/mol. The van der Waals surface area contributed by atoms with Crippen molar-refractivity contribution in [1.29, 1.82) is 0 Å². The van der Waals surface area contributed by atoms with Gasteiger partial charge in [0.05, 0.1) is 44.1 Å². The zero-order valence-electron chi connectivity index (χ0n) is 19.1. The molecule has 2 aliphatic heterocycles. The van der Waals surface area contributed by atoms with E-state index < -0.39 is 9.84 Å². The number of hydrogen-bond donors (Lipinski definition) is 1. The van der Waals surface area contributed by atoms with Crippen LogP contribution in [0.25, 0.3) is 0 Å². The molecule has 33 heavy (non-hydrogen) atoms. The zero-order valence-corrected chi connectivity index (χ0v) is 19.9. The fourth-order valence-corrected chi connectivity index (χ4v) is 6.18. The number of nitrogens with one attached hydrogen (secondary N) is 1. The van der Waals surface area contributed by atoms with Gasteiger partial charge in [0.25, 0.3) is 0 Å². The van der Waals surface area contributed by atoms with Gasteiger partial charge in [-0.1, -0.05) is 29.8 Å². The summed E-state index contributed by atoms with van der Waals surface area (Å²) in [7, 11) is -3.11. The molecule has 0 bridgehead atoms. The van der Waals surface area contributed by atoms with Crippen LogP contribution in [0.1, 0.15) is 29.3 Å². The van der Waals surface area contributed by atoms with E-state index in [1.165, 1.54) is 5.56 Å². The Balaban J connectivity index is 1.46. The van der Waals surface area contributed by atoms with Crippen LogP contribution in [0, 0.1) is 6.92 Å². The number of nitrogens with zero attached hydrogens (tertiary/aromatic N) is 2. The second-order valence-corrected chi connectivity index (χ2v) is 11.1. The van der Waals surface area contributed by atoms with Crippen molar-refractivity contribution in [2.24, 2.45) is 0 Å². The molecular weight excluding hydrogens is 442 g/mol. The number of morpholine rings is 1. The first kappa shape index (κ1) is 23.9. The molecule has 3 heterocycles. The Hall–Kier alpha value is -2.20. The van der Waals surface area contributed by atoms with Crippen LogP contribution in [0.4, 0.5) is 0 Å². The molecule has 2 aliphatic rings. The third-order valence-electron chi connectivity index (χ3n) is 6.40. The number of benzene rings is 1. The minimum Gasteiger partial charge on any atom is -0.467 e. The molecule has 180 valence electrons. The van der Waals surface area contributed by atoms with E-state index in [0.29, 0.717) is 25.4 Å². The molecule has 0 saturated carbocycles. The molecule has 2 fully saturated rings. The van der Waals surface area contributed by atoms with Crippen molar-refractivity contribution in [1.82, 2.24) is 15.1 Å². The van der Waals surface area contributed by atoms with Crippen LogP contribution in [0.2, 0.25) is 0 Å². The highest BCUT2D eigenvalue weighted by Gasteiger charge is 2.35. The van der Waals surface area contributed by atoms with Crippen molar-refractivity contribution in [3.8, 4) is 0 Å². The molecule has 1 aromatic heterocycles. The Labute approximate surface area is 195 Å². The van der Waals surface area contributed by atoms with Crippen LogP contribution >= 0.6 is 0 Å². The molecule has 0 radical (unpaired) electrons. The molecule has 0 aliphatic carbocycles. The fraction of sp³-hybridized carbons (Fsp3) is 0.542. The summed E-state index contributed by atoms with van der Waals surface area (Å²) in [6, 6.07) is 11.6. The number of amides is 1. The second-order valence-electron chi connectivity index (χ2n) is 8.92. The van der Waals surface area contributed by atoms with Crippen molar-refractivity contribution < 1.29 is 22.4 Å². The standard InChI is InChI=1S/C24H33N3O5S/c1-19-4-6-20(7-5-19)23(17-26-9-12-31-13-10-26)25-15-24(28)27(16-22-3-2-11-32-22)21-8-14-33(29,30)18-21/h2-7,11,21,23,25H,8-10,12-18H2,1H3/t21-,23+/m1/s1. The number of furan rings is 1. The first-order valence-electron chi connectivity index (χ1n) is 11.5. The molecule has 4 rings (SSSR count). The average molecular weight is 476 g/mol. The Morgan fingerprint density at radius 1 is 1.21 bits per heavy atom. The number of rotatable bonds is 9. The molecule has 0 unspecified atom stereocenters. The van der Waals surface area contributed by atoms with E-state index in [9.17, 15) is 13.2 Å². The topological polar surface area (TPSA) is 92.1 Å². The maximum atomic E-state index is 13.3. The summed E-state index contributed by atoms with van der Waals surface area (Å²) in [4.78, 5) is 17.3. The van der Waals surface area contributed by atoms with Crippen LogP contribution in [0.15, 0.2) is 47.1 Å². The molecular formula is C24H33N3O5S. The van der Waals surface area contributed by atoms with E-state index in [1.54, 1.807) is 17.2 Å². The summed E-state index contributed by atoms with van der Waals surface area (Å²) in [5, 5.41) is 3.45. The first-order valence-corrected chi connectivity index (χ1v) is 13.3. The van der Waals surface area contributed by atoms with E-state index in [2.05, 4.69) is 41.4 Å². The SMILES string of the molecule is Cc1ccc([C@H](CN2CCOCC2)NCC(=O)N(Cc2ccco2)[C@@H]2CCS(=O)(=O)C2)cc1. The summed E-state index contributed by atoms with van der Waals surface area (Å²) in [6.07, 6.45) is 2.03. The van der Waals surface area contributed by atoms with Gasteiger partial charge in [-0.2, -0.15) is 0 Å². The number of carbonyl (C=O) groups is 1. The van der Waals surface area contributed by atoms with Gasteiger partial charge < -0.3 is 19.4 Å². The van der Waals surface area contributed by atoms with Crippen molar-refractivity contribution in [3.05, 3.63) is 59.5 Å². The quantitative estimate of drug-likeness (QED) is 0.591. The predicted molar refractivity (Wildman–Crippen MR) is 125 cm³/mol. The molecule has 1 N–H and O–H groups in total. The summed E-state index contributed by atoms with van der Waals surface area (Å²) >= 11 is 0. The molecule has 9 heteroatoms. The molecule has 8 nitrogen and oxygen atoms in total.